The van der Waals surface area contributed by atoms with Crippen molar-refractivity contribution in [3.63, 3.8) is 0 Å². The van der Waals surface area contributed by atoms with Crippen LogP contribution in [-0.2, 0) is 0 Å². The molecule has 0 bridgehead atoms. The average Bonchev–Trinajstić information content (AvgIpc) is 2.81. The summed E-state index contributed by atoms with van der Waals surface area (Å²) in [4.78, 5) is 10.6. The SMILES string of the molecule is CC1CCN(C(C)c2nc3ccc(Cl)cc3[nH]2)CC1. The first-order valence-corrected chi connectivity index (χ1v) is 7.40. The molecule has 0 aliphatic carbocycles. The molecule has 4 heteroatoms. The molecule has 19 heavy (non-hydrogen) atoms. The predicted octanol–water partition coefficient (Wildman–Crippen LogP) is 4.01. The van der Waals surface area contributed by atoms with Crippen molar-refractivity contribution in [2.45, 2.75) is 32.7 Å². The highest BCUT2D eigenvalue weighted by molar-refractivity contribution is 6.31. The molecule has 3 nitrogen and oxygen atoms in total. The van der Waals surface area contributed by atoms with Crippen LogP contribution in [0.1, 0.15) is 38.6 Å². The number of fused-ring (bicyclic) bond motifs is 1. The van der Waals surface area contributed by atoms with Gasteiger partial charge in [-0.25, -0.2) is 4.98 Å². The van der Waals surface area contributed by atoms with Gasteiger partial charge in [0.25, 0.3) is 0 Å². The Kier molecular flexibility index (Phi) is 3.50. The second kappa shape index (κ2) is 5.14. The largest absolute Gasteiger partial charge is 0.341 e. The van der Waals surface area contributed by atoms with Crippen LogP contribution < -0.4 is 0 Å². The van der Waals surface area contributed by atoms with Crippen LogP contribution in [0.5, 0.6) is 0 Å². The Bertz CT molecular complexity index is 570. The minimum Gasteiger partial charge on any atom is -0.341 e. The lowest BCUT2D eigenvalue weighted by Crippen LogP contribution is -2.35. The van der Waals surface area contributed by atoms with E-state index >= 15 is 0 Å². The van der Waals surface area contributed by atoms with E-state index in [9.17, 15) is 0 Å². The molecule has 1 saturated heterocycles. The van der Waals surface area contributed by atoms with E-state index in [1.165, 1.54) is 25.9 Å². The van der Waals surface area contributed by atoms with Crippen molar-refractivity contribution in [2.75, 3.05) is 13.1 Å². The fourth-order valence-corrected chi connectivity index (χ4v) is 2.96. The molecule has 1 aliphatic rings. The zero-order valence-electron chi connectivity index (χ0n) is 11.5. The standard InChI is InChI=1S/C15H20ClN3/c1-10-5-7-19(8-6-10)11(2)15-17-13-4-3-12(16)9-14(13)18-15/h3-4,9-11H,5-8H2,1-2H3,(H,17,18). The Morgan fingerprint density at radius 3 is 2.84 bits per heavy atom. The molecule has 1 atom stereocenters. The first-order valence-electron chi connectivity index (χ1n) is 7.02. The lowest BCUT2D eigenvalue weighted by molar-refractivity contribution is 0.143. The number of imidazole rings is 1. The van der Waals surface area contributed by atoms with Gasteiger partial charge in [0.2, 0.25) is 0 Å². The number of hydrogen-bond donors (Lipinski definition) is 1. The first kappa shape index (κ1) is 12.9. The monoisotopic (exact) mass is 277 g/mol. The van der Waals surface area contributed by atoms with Crippen molar-refractivity contribution < 1.29 is 0 Å². The summed E-state index contributed by atoms with van der Waals surface area (Å²) in [6.45, 7) is 6.90. The van der Waals surface area contributed by atoms with E-state index in [0.29, 0.717) is 6.04 Å². The van der Waals surface area contributed by atoms with E-state index in [0.717, 1.165) is 27.8 Å². The van der Waals surface area contributed by atoms with Crippen LogP contribution in [0.4, 0.5) is 0 Å². The van der Waals surface area contributed by atoms with Gasteiger partial charge in [-0.05, 0) is 57.0 Å². The van der Waals surface area contributed by atoms with Crippen LogP contribution in [0.15, 0.2) is 18.2 Å². The van der Waals surface area contributed by atoms with Gasteiger partial charge in [0.05, 0.1) is 17.1 Å². The van der Waals surface area contributed by atoms with E-state index in [1.54, 1.807) is 0 Å². The summed E-state index contributed by atoms with van der Waals surface area (Å²) >= 11 is 6.01. The number of benzene rings is 1. The van der Waals surface area contributed by atoms with Crippen LogP contribution >= 0.6 is 11.6 Å². The maximum Gasteiger partial charge on any atom is 0.124 e. The highest BCUT2D eigenvalue weighted by Gasteiger charge is 2.23. The van der Waals surface area contributed by atoms with Gasteiger partial charge in [0.1, 0.15) is 5.82 Å². The van der Waals surface area contributed by atoms with Gasteiger partial charge in [-0.2, -0.15) is 0 Å². The molecular formula is C15H20ClN3. The molecule has 0 amide bonds. The normalized spacial score (nSPS) is 19.9. The number of piperidine rings is 1. The highest BCUT2D eigenvalue weighted by Crippen LogP contribution is 2.26. The molecule has 0 spiro atoms. The van der Waals surface area contributed by atoms with Crippen LogP contribution in [0.25, 0.3) is 11.0 Å². The Morgan fingerprint density at radius 1 is 1.37 bits per heavy atom. The maximum atomic E-state index is 6.01. The van der Waals surface area contributed by atoms with Crippen LogP contribution in [-0.4, -0.2) is 28.0 Å². The minimum atomic E-state index is 0.346. The van der Waals surface area contributed by atoms with Gasteiger partial charge in [-0.3, -0.25) is 4.90 Å². The van der Waals surface area contributed by atoms with Gasteiger partial charge in [0.15, 0.2) is 0 Å². The number of likely N-dealkylation sites (tertiary alicyclic amines) is 1. The van der Waals surface area contributed by atoms with Crippen molar-refractivity contribution in [3.05, 3.63) is 29.0 Å². The molecule has 2 aromatic rings. The number of hydrogen-bond acceptors (Lipinski definition) is 2. The molecule has 1 fully saturated rings. The third-order valence-corrected chi connectivity index (χ3v) is 4.46. The van der Waals surface area contributed by atoms with E-state index in [2.05, 4.69) is 23.7 Å². The summed E-state index contributed by atoms with van der Waals surface area (Å²) < 4.78 is 0. The molecule has 1 N–H and O–H groups in total. The zero-order chi connectivity index (χ0) is 13.4. The first-order chi connectivity index (χ1) is 9.13. The molecule has 0 radical (unpaired) electrons. The van der Waals surface area contributed by atoms with E-state index < -0.39 is 0 Å². The van der Waals surface area contributed by atoms with Gasteiger partial charge in [0, 0.05) is 5.02 Å². The smallest absolute Gasteiger partial charge is 0.124 e. The number of aromatic amines is 1. The molecule has 3 rings (SSSR count). The van der Waals surface area contributed by atoms with Crippen LogP contribution in [0.2, 0.25) is 5.02 Å². The number of rotatable bonds is 2. The van der Waals surface area contributed by atoms with Crippen molar-refractivity contribution in [3.8, 4) is 0 Å². The summed E-state index contributed by atoms with van der Waals surface area (Å²) in [5.74, 6) is 1.91. The van der Waals surface area contributed by atoms with Gasteiger partial charge >= 0.3 is 0 Å². The Morgan fingerprint density at radius 2 is 2.11 bits per heavy atom. The van der Waals surface area contributed by atoms with Gasteiger partial charge < -0.3 is 4.98 Å². The van der Waals surface area contributed by atoms with Gasteiger partial charge in [-0.15, -0.1) is 0 Å². The Balaban J connectivity index is 1.83. The summed E-state index contributed by atoms with van der Waals surface area (Å²) in [5.41, 5.74) is 2.02. The molecule has 1 aliphatic heterocycles. The quantitative estimate of drug-likeness (QED) is 0.899. The molecular weight excluding hydrogens is 258 g/mol. The molecule has 1 aromatic carbocycles. The molecule has 0 saturated carbocycles. The topological polar surface area (TPSA) is 31.9 Å². The molecule has 1 unspecified atom stereocenters. The van der Waals surface area contributed by atoms with Gasteiger partial charge in [-0.1, -0.05) is 18.5 Å². The summed E-state index contributed by atoms with van der Waals surface area (Å²) in [5, 5.41) is 0.752. The number of nitrogens with zero attached hydrogens (tertiary/aromatic N) is 2. The third-order valence-electron chi connectivity index (χ3n) is 4.22. The minimum absolute atomic E-state index is 0.346. The fourth-order valence-electron chi connectivity index (χ4n) is 2.79. The number of H-pyrrole nitrogens is 1. The van der Waals surface area contributed by atoms with E-state index in [4.69, 9.17) is 16.6 Å². The molecule has 2 heterocycles. The lowest BCUT2D eigenvalue weighted by Gasteiger charge is -2.33. The number of nitrogens with one attached hydrogen (secondary N) is 1. The lowest BCUT2D eigenvalue weighted by atomic mass is 9.98. The fraction of sp³-hybridized carbons (Fsp3) is 0.533. The highest BCUT2D eigenvalue weighted by atomic mass is 35.5. The molecule has 102 valence electrons. The number of aromatic nitrogens is 2. The van der Waals surface area contributed by atoms with Crippen molar-refractivity contribution in [1.82, 2.24) is 14.9 Å². The Hall–Kier alpha value is -1.06. The average molecular weight is 278 g/mol. The summed E-state index contributed by atoms with van der Waals surface area (Å²) in [7, 11) is 0. The summed E-state index contributed by atoms with van der Waals surface area (Å²) in [6, 6.07) is 6.15. The second-order valence-corrected chi connectivity index (χ2v) is 6.11. The Labute approximate surface area is 119 Å². The maximum absolute atomic E-state index is 6.01. The zero-order valence-corrected chi connectivity index (χ0v) is 12.2. The van der Waals surface area contributed by atoms with E-state index in [1.807, 2.05) is 18.2 Å². The van der Waals surface area contributed by atoms with E-state index in [-0.39, 0.29) is 0 Å². The van der Waals surface area contributed by atoms with Crippen LogP contribution in [0, 0.1) is 5.92 Å². The van der Waals surface area contributed by atoms with Crippen molar-refractivity contribution >= 4 is 22.6 Å². The van der Waals surface area contributed by atoms with Crippen molar-refractivity contribution in [2.24, 2.45) is 5.92 Å². The number of halogens is 1. The predicted molar refractivity (Wildman–Crippen MR) is 79.5 cm³/mol. The second-order valence-electron chi connectivity index (χ2n) is 5.68. The van der Waals surface area contributed by atoms with Crippen LogP contribution in [0.3, 0.4) is 0 Å². The summed E-state index contributed by atoms with van der Waals surface area (Å²) in [6.07, 6.45) is 2.58. The van der Waals surface area contributed by atoms with Crippen molar-refractivity contribution in [1.29, 1.82) is 0 Å². The third kappa shape index (κ3) is 2.63. The molecule has 1 aromatic heterocycles.